The maximum Gasteiger partial charge on any atom is 0.222 e. The molecule has 1 saturated carbocycles. The highest BCUT2D eigenvalue weighted by atomic mass is 32.2. The SMILES string of the molecule is CO[C@H]1C[C@@H]2CN(S(C)(=O)=O)C[C@@H]2C[C@@H]1NC(=O)CCn1nc(C)c(C)c1C. The second kappa shape index (κ2) is 8.12. The maximum atomic E-state index is 12.6. The molecule has 0 aromatic carbocycles. The lowest BCUT2D eigenvalue weighted by molar-refractivity contribution is -0.124. The van der Waals surface area contributed by atoms with Crippen molar-refractivity contribution in [2.75, 3.05) is 26.5 Å². The van der Waals surface area contributed by atoms with Crippen LogP contribution < -0.4 is 5.32 Å². The fourth-order valence-electron chi connectivity index (χ4n) is 4.54. The monoisotopic (exact) mass is 412 g/mol. The molecule has 28 heavy (non-hydrogen) atoms. The molecule has 9 heteroatoms. The van der Waals surface area contributed by atoms with Gasteiger partial charge in [-0.25, -0.2) is 12.7 Å². The van der Waals surface area contributed by atoms with Crippen LogP contribution in [0.25, 0.3) is 0 Å². The van der Waals surface area contributed by atoms with E-state index in [2.05, 4.69) is 10.4 Å². The number of amides is 1. The first-order chi connectivity index (χ1) is 13.1. The highest BCUT2D eigenvalue weighted by Gasteiger charge is 2.44. The molecule has 0 spiro atoms. The van der Waals surface area contributed by atoms with Gasteiger partial charge in [0.25, 0.3) is 0 Å². The van der Waals surface area contributed by atoms with Crippen molar-refractivity contribution in [3.8, 4) is 0 Å². The highest BCUT2D eigenvalue weighted by Crippen LogP contribution is 2.38. The number of nitrogens with one attached hydrogen (secondary N) is 1. The number of nitrogens with zero attached hydrogens (tertiary/aromatic N) is 3. The zero-order valence-corrected chi connectivity index (χ0v) is 18.3. The van der Waals surface area contributed by atoms with Gasteiger partial charge in [-0.15, -0.1) is 0 Å². The molecule has 3 rings (SSSR count). The standard InChI is InChI=1S/C19H32N4O4S/c1-12-13(2)21-23(14(12)3)7-6-19(24)20-17-8-15-10-22(28(5,25)26)11-16(15)9-18(17)27-4/h15-18H,6-11H2,1-5H3,(H,20,24)/t15-,16+,17-,18-/m0/s1. The van der Waals surface area contributed by atoms with Crippen molar-refractivity contribution >= 4 is 15.9 Å². The first-order valence-corrected chi connectivity index (χ1v) is 11.7. The van der Waals surface area contributed by atoms with E-state index in [0.29, 0.717) is 32.0 Å². The Hall–Kier alpha value is -1.45. The molecule has 8 nitrogen and oxygen atoms in total. The number of carbonyl (C=O) groups is 1. The number of aryl methyl sites for hydroxylation is 2. The van der Waals surface area contributed by atoms with Crippen LogP contribution >= 0.6 is 0 Å². The Morgan fingerprint density at radius 1 is 1.21 bits per heavy atom. The van der Waals surface area contributed by atoms with Gasteiger partial charge in [-0.3, -0.25) is 9.48 Å². The van der Waals surface area contributed by atoms with E-state index in [4.69, 9.17) is 4.74 Å². The molecule has 4 atom stereocenters. The lowest BCUT2D eigenvalue weighted by atomic mass is 9.77. The van der Waals surface area contributed by atoms with Crippen LogP contribution in [0.5, 0.6) is 0 Å². The van der Waals surface area contributed by atoms with Gasteiger partial charge in [0.2, 0.25) is 15.9 Å². The van der Waals surface area contributed by atoms with Crippen molar-refractivity contribution < 1.29 is 17.9 Å². The van der Waals surface area contributed by atoms with Crippen LogP contribution in [0.3, 0.4) is 0 Å². The molecule has 2 aliphatic rings. The summed E-state index contributed by atoms with van der Waals surface area (Å²) in [5.74, 6) is 0.546. The number of hydrogen-bond donors (Lipinski definition) is 1. The molecule has 0 radical (unpaired) electrons. The molecule has 1 aromatic rings. The number of fused-ring (bicyclic) bond motifs is 1. The number of aromatic nitrogens is 2. The van der Waals surface area contributed by atoms with Crippen LogP contribution in [0, 0.1) is 32.6 Å². The van der Waals surface area contributed by atoms with E-state index in [1.54, 1.807) is 11.4 Å². The molecule has 1 aromatic heterocycles. The highest BCUT2D eigenvalue weighted by molar-refractivity contribution is 7.88. The summed E-state index contributed by atoms with van der Waals surface area (Å²) in [7, 11) is -1.52. The quantitative estimate of drug-likeness (QED) is 0.752. The van der Waals surface area contributed by atoms with Crippen LogP contribution in [-0.4, -0.2) is 67.0 Å². The number of sulfonamides is 1. The minimum Gasteiger partial charge on any atom is -0.379 e. The van der Waals surface area contributed by atoms with Crippen molar-refractivity contribution in [2.24, 2.45) is 11.8 Å². The molecule has 1 aliphatic heterocycles. The van der Waals surface area contributed by atoms with Gasteiger partial charge in [0.15, 0.2) is 0 Å². The lowest BCUT2D eigenvalue weighted by Crippen LogP contribution is -2.50. The van der Waals surface area contributed by atoms with Gasteiger partial charge in [-0.05, 0) is 51.0 Å². The molecule has 158 valence electrons. The Morgan fingerprint density at radius 2 is 1.86 bits per heavy atom. The summed E-state index contributed by atoms with van der Waals surface area (Å²) in [4.78, 5) is 12.6. The fraction of sp³-hybridized carbons (Fsp3) is 0.789. The first kappa shape index (κ1) is 21.3. The molecule has 1 N–H and O–H groups in total. The number of ether oxygens (including phenoxy) is 1. The van der Waals surface area contributed by atoms with Crippen molar-refractivity contribution in [3.63, 3.8) is 0 Å². The van der Waals surface area contributed by atoms with Crippen LogP contribution in [-0.2, 0) is 26.1 Å². The summed E-state index contributed by atoms with van der Waals surface area (Å²) < 4.78 is 32.8. The number of hydrogen-bond acceptors (Lipinski definition) is 5. The van der Waals surface area contributed by atoms with E-state index in [9.17, 15) is 13.2 Å². The van der Waals surface area contributed by atoms with E-state index in [0.717, 1.165) is 29.8 Å². The van der Waals surface area contributed by atoms with Gasteiger partial charge in [0, 0.05) is 38.9 Å². The summed E-state index contributed by atoms with van der Waals surface area (Å²) in [6.07, 6.45) is 3.06. The molecule has 1 saturated heterocycles. The molecule has 1 amide bonds. The van der Waals surface area contributed by atoms with E-state index in [-0.39, 0.29) is 24.0 Å². The smallest absolute Gasteiger partial charge is 0.222 e. The van der Waals surface area contributed by atoms with Crippen molar-refractivity contribution in [1.29, 1.82) is 0 Å². The summed E-state index contributed by atoms with van der Waals surface area (Å²) in [5.41, 5.74) is 3.24. The van der Waals surface area contributed by atoms with Crippen LogP contribution in [0.1, 0.15) is 36.2 Å². The average Bonchev–Trinajstić information content (AvgIpc) is 3.15. The first-order valence-electron chi connectivity index (χ1n) is 9.88. The van der Waals surface area contributed by atoms with Gasteiger partial charge in [-0.1, -0.05) is 0 Å². The fourth-order valence-corrected chi connectivity index (χ4v) is 5.47. The third-order valence-electron chi connectivity index (χ3n) is 6.50. The van der Waals surface area contributed by atoms with E-state index < -0.39 is 10.0 Å². The van der Waals surface area contributed by atoms with Gasteiger partial charge >= 0.3 is 0 Å². The van der Waals surface area contributed by atoms with Gasteiger partial charge in [0.05, 0.1) is 24.1 Å². The molecule has 0 unspecified atom stereocenters. The molecular formula is C19H32N4O4S. The van der Waals surface area contributed by atoms with Gasteiger partial charge in [-0.2, -0.15) is 5.10 Å². The van der Waals surface area contributed by atoms with E-state index >= 15 is 0 Å². The second-order valence-electron chi connectivity index (χ2n) is 8.29. The Balaban J connectivity index is 1.58. The van der Waals surface area contributed by atoms with Gasteiger partial charge < -0.3 is 10.1 Å². The van der Waals surface area contributed by atoms with Crippen molar-refractivity contribution in [1.82, 2.24) is 19.4 Å². The number of methoxy groups -OCH3 is 1. The van der Waals surface area contributed by atoms with Crippen LogP contribution in [0.2, 0.25) is 0 Å². The third kappa shape index (κ3) is 4.41. The third-order valence-corrected chi connectivity index (χ3v) is 7.73. The molecule has 0 bridgehead atoms. The van der Waals surface area contributed by atoms with Crippen LogP contribution in [0.4, 0.5) is 0 Å². The maximum absolute atomic E-state index is 12.6. The number of carbonyl (C=O) groups excluding carboxylic acids is 1. The Labute approximate surface area is 167 Å². The topological polar surface area (TPSA) is 93.5 Å². The minimum atomic E-state index is -3.17. The zero-order chi connectivity index (χ0) is 20.6. The van der Waals surface area contributed by atoms with Crippen LogP contribution in [0.15, 0.2) is 0 Å². The lowest BCUT2D eigenvalue weighted by Gasteiger charge is -2.37. The second-order valence-corrected chi connectivity index (χ2v) is 10.3. The molecule has 1 aliphatic carbocycles. The zero-order valence-electron chi connectivity index (χ0n) is 17.4. The molecule has 2 heterocycles. The predicted octanol–water partition coefficient (Wildman–Crippen LogP) is 1.000. The Kier molecular flexibility index (Phi) is 6.17. The largest absolute Gasteiger partial charge is 0.379 e. The Morgan fingerprint density at radius 3 is 2.39 bits per heavy atom. The minimum absolute atomic E-state index is 0.0197. The van der Waals surface area contributed by atoms with Crippen molar-refractivity contribution in [3.05, 3.63) is 17.0 Å². The van der Waals surface area contributed by atoms with Crippen molar-refractivity contribution in [2.45, 2.75) is 58.7 Å². The normalized spacial score (nSPS) is 28.3. The summed E-state index contributed by atoms with van der Waals surface area (Å²) >= 11 is 0. The predicted molar refractivity (Wildman–Crippen MR) is 106 cm³/mol. The average molecular weight is 413 g/mol. The van der Waals surface area contributed by atoms with E-state index in [1.165, 1.54) is 6.26 Å². The number of rotatable bonds is 6. The van der Waals surface area contributed by atoms with Gasteiger partial charge in [0.1, 0.15) is 0 Å². The van der Waals surface area contributed by atoms with E-state index in [1.807, 2.05) is 25.5 Å². The molecule has 2 fully saturated rings. The summed E-state index contributed by atoms with van der Waals surface area (Å²) in [5, 5.41) is 7.61. The summed E-state index contributed by atoms with van der Waals surface area (Å²) in [6.45, 7) is 7.67. The Bertz CT molecular complexity index is 835. The summed E-state index contributed by atoms with van der Waals surface area (Å²) in [6, 6.07) is -0.0829. The molecular weight excluding hydrogens is 380 g/mol.